The number of H-pyrrole nitrogens is 1. The Labute approximate surface area is 138 Å². The predicted molar refractivity (Wildman–Crippen MR) is 92.3 cm³/mol. The number of para-hydroxylation sites is 1. The Balaban J connectivity index is 1.61. The van der Waals surface area contributed by atoms with E-state index in [4.69, 9.17) is 0 Å². The van der Waals surface area contributed by atoms with E-state index in [1.807, 2.05) is 60.8 Å². The molecule has 118 valence electrons. The van der Waals surface area contributed by atoms with Gasteiger partial charge < -0.3 is 10.3 Å². The second kappa shape index (κ2) is 5.66. The van der Waals surface area contributed by atoms with Crippen molar-refractivity contribution >= 4 is 22.5 Å². The number of nitrogens with zero attached hydrogens (tertiary/aromatic N) is 3. The molecule has 1 amide bonds. The minimum Gasteiger partial charge on any atom is -0.361 e. The quantitative estimate of drug-likeness (QED) is 0.608. The van der Waals surface area contributed by atoms with Crippen molar-refractivity contribution in [1.82, 2.24) is 20.0 Å². The second-order valence-corrected chi connectivity index (χ2v) is 5.49. The molecule has 0 fully saturated rings. The van der Waals surface area contributed by atoms with Gasteiger partial charge in [0.25, 0.3) is 5.91 Å². The molecule has 0 saturated carbocycles. The normalized spacial score (nSPS) is 10.9. The van der Waals surface area contributed by atoms with Crippen molar-refractivity contribution in [3.05, 3.63) is 72.2 Å². The Morgan fingerprint density at radius 1 is 1.08 bits per heavy atom. The molecular formula is C18H15N5O. The Bertz CT molecular complexity index is 1020. The zero-order chi connectivity index (χ0) is 16.5. The first kappa shape index (κ1) is 14.2. The highest BCUT2D eigenvalue weighted by molar-refractivity contribution is 6.04. The largest absolute Gasteiger partial charge is 0.361 e. The zero-order valence-corrected chi connectivity index (χ0v) is 13.0. The maximum Gasteiger partial charge on any atom is 0.278 e. The molecule has 0 radical (unpaired) electrons. The molecule has 0 aliphatic carbocycles. The number of hydrogen-bond donors (Lipinski definition) is 2. The van der Waals surface area contributed by atoms with Gasteiger partial charge >= 0.3 is 0 Å². The number of aromatic nitrogens is 4. The van der Waals surface area contributed by atoms with Gasteiger partial charge in [-0.1, -0.05) is 18.2 Å². The first-order valence-corrected chi connectivity index (χ1v) is 7.58. The lowest BCUT2D eigenvalue weighted by atomic mass is 10.2. The topological polar surface area (TPSA) is 75.6 Å². The number of carbonyl (C=O) groups is 1. The first-order chi connectivity index (χ1) is 11.7. The molecule has 6 heteroatoms. The number of aromatic amines is 1. The molecule has 2 aromatic heterocycles. The maximum atomic E-state index is 12.5. The Morgan fingerprint density at radius 2 is 1.92 bits per heavy atom. The summed E-state index contributed by atoms with van der Waals surface area (Å²) in [5.74, 6) is -0.274. The van der Waals surface area contributed by atoms with E-state index in [2.05, 4.69) is 20.5 Å². The van der Waals surface area contributed by atoms with E-state index in [0.29, 0.717) is 11.4 Å². The number of benzene rings is 2. The van der Waals surface area contributed by atoms with Gasteiger partial charge in [-0.3, -0.25) is 4.79 Å². The smallest absolute Gasteiger partial charge is 0.278 e. The standard InChI is InChI=1S/C18H15N5O/c1-12-17(22-23(21-12)15-5-3-2-4-6-15)18(24)20-14-7-8-16-13(11-14)9-10-19-16/h2-11,19H,1H3,(H,20,24). The van der Waals surface area contributed by atoms with E-state index >= 15 is 0 Å². The Morgan fingerprint density at radius 3 is 2.75 bits per heavy atom. The molecule has 0 spiro atoms. The van der Waals surface area contributed by atoms with Gasteiger partial charge in [-0.05, 0) is 43.3 Å². The van der Waals surface area contributed by atoms with Crippen molar-refractivity contribution < 1.29 is 4.79 Å². The summed E-state index contributed by atoms with van der Waals surface area (Å²) in [6, 6.07) is 17.2. The lowest BCUT2D eigenvalue weighted by Crippen LogP contribution is -2.14. The first-order valence-electron chi connectivity index (χ1n) is 7.58. The maximum absolute atomic E-state index is 12.5. The van der Waals surface area contributed by atoms with Crippen LogP contribution in [0.25, 0.3) is 16.6 Å². The minimum atomic E-state index is -0.274. The molecule has 0 unspecified atom stereocenters. The van der Waals surface area contributed by atoms with Gasteiger partial charge in [0.05, 0.1) is 11.4 Å². The summed E-state index contributed by atoms with van der Waals surface area (Å²) in [5.41, 5.74) is 3.46. The lowest BCUT2D eigenvalue weighted by molar-refractivity contribution is 0.102. The van der Waals surface area contributed by atoms with Crippen LogP contribution >= 0.6 is 0 Å². The Kier molecular flexibility index (Phi) is 3.35. The summed E-state index contributed by atoms with van der Waals surface area (Å²) in [6.07, 6.45) is 1.87. The third-order valence-corrected chi connectivity index (χ3v) is 3.80. The van der Waals surface area contributed by atoms with Gasteiger partial charge in [0.2, 0.25) is 0 Å². The molecule has 2 aromatic carbocycles. The third-order valence-electron chi connectivity index (χ3n) is 3.80. The summed E-state index contributed by atoms with van der Waals surface area (Å²) in [4.78, 5) is 17.1. The highest BCUT2D eigenvalue weighted by Gasteiger charge is 2.16. The van der Waals surface area contributed by atoms with E-state index in [1.165, 1.54) is 4.80 Å². The van der Waals surface area contributed by atoms with E-state index in [9.17, 15) is 4.79 Å². The van der Waals surface area contributed by atoms with Gasteiger partial charge in [0.1, 0.15) is 0 Å². The van der Waals surface area contributed by atoms with Crippen LogP contribution in [0.3, 0.4) is 0 Å². The molecule has 24 heavy (non-hydrogen) atoms. The highest BCUT2D eigenvalue weighted by Crippen LogP contribution is 2.18. The third kappa shape index (κ3) is 2.54. The molecule has 0 bridgehead atoms. The van der Waals surface area contributed by atoms with Gasteiger partial charge in [-0.15, -0.1) is 5.10 Å². The monoisotopic (exact) mass is 317 g/mol. The van der Waals surface area contributed by atoms with Crippen molar-refractivity contribution in [3.8, 4) is 5.69 Å². The van der Waals surface area contributed by atoms with E-state index in [0.717, 1.165) is 22.3 Å². The fourth-order valence-electron chi connectivity index (χ4n) is 2.59. The van der Waals surface area contributed by atoms with E-state index < -0.39 is 0 Å². The van der Waals surface area contributed by atoms with Crippen molar-refractivity contribution in [2.45, 2.75) is 6.92 Å². The van der Waals surface area contributed by atoms with Crippen LogP contribution in [0, 0.1) is 6.92 Å². The molecule has 0 aliphatic heterocycles. The summed E-state index contributed by atoms with van der Waals surface area (Å²) in [7, 11) is 0. The number of amides is 1. The summed E-state index contributed by atoms with van der Waals surface area (Å²) in [6.45, 7) is 1.77. The van der Waals surface area contributed by atoms with E-state index in [1.54, 1.807) is 6.92 Å². The van der Waals surface area contributed by atoms with Gasteiger partial charge in [0, 0.05) is 22.8 Å². The molecule has 6 nitrogen and oxygen atoms in total. The molecule has 4 rings (SSSR count). The molecule has 0 saturated heterocycles. The average Bonchev–Trinajstić information content (AvgIpc) is 3.21. The molecule has 2 heterocycles. The number of anilines is 1. The average molecular weight is 317 g/mol. The summed E-state index contributed by atoms with van der Waals surface area (Å²) >= 11 is 0. The van der Waals surface area contributed by atoms with Crippen LogP contribution in [-0.2, 0) is 0 Å². The number of fused-ring (bicyclic) bond motifs is 1. The highest BCUT2D eigenvalue weighted by atomic mass is 16.2. The van der Waals surface area contributed by atoms with Crippen molar-refractivity contribution in [3.63, 3.8) is 0 Å². The van der Waals surface area contributed by atoms with Crippen LogP contribution in [0.5, 0.6) is 0 Å². The molecule has 2 N–H and O–H groups in total. The minimum absolute atomic E-state index is 0.274. The van der Waals surface area contributed by atoms with Crippen LogP contribution < -0.4 is 5.32 Å². The van der Waals surface area contributed by atoms with Gasteiger partial charge in [0.15, 0.2) is 5.69 Å². The molecule has 4 aromatic rings. The predicted octanol–water partition coefficient (Wildman–Crippen LogP) is 3.31. The zero-order valence-electron chi connectivity index (χ0n) is 13.0. The number of aryl methyl sites for hydroxylation is 1. The summed E-state index contributed by atoms with van der Waals surface area (Å²) < 4.78 is 0. The fraction of sp³-hybridized carbons (Fsp3) is 0.0556. The van der Waals surface area contributed by atoms with Gasteiger partial charge in [-0.2, -0.15) is 9.90 Å². The van der Waals surface area contributed by atoms with Crippen molar-refractivity contribution in [1.29, 1.82) is 0 Å². The number of rotatable bonds is 3. The molecular weight excluding hydrogens is 302 g/mol. The second-order valence-electron chi connectivity index (χ2n) is 5.49. The number of nitrogens with one attached hydrogen (secondary N) is 2. The molecule has 0 atom stereocenters. The van der Waals surface area contributed by atoms with Gasteiger partial charge in [-0.25, -0.2) is 0 Å². The van der Waals surface area contributed by atoms with E-state index in [-0.39, 0.29) is 5.91 Å². The van der Waals surface area contributed by atoms with Crippen LogP contribution in [0.4, 0.5) is 5.69 Å². The molecule has 0 aliphatic rings. The van der Waals surface area contributed by atoms with Crippen LogP contribution in [0.15, 0.2) is 60.8 Å². The fourth-order valence-corrected chi connectivity index (χ4v) is 2.59. The van der Waals surface area contributed by atoms with Crippen molar-refractivity contribution in [2.75, 3.05) is 5.32 Å². The lowest BCUT2D eigenvalue weighted by Gasteiger charge is -2.03. The van der Waals surface area contributed by atoms with Crippen LogP contribution in [0.2, 0.25) is 0 Å². The Hall–Kier alpha value is -3.41. The number of hydrogen-bond acceptors (Lipinski definition) is 3. The number of carbonyl (C=O) groups excluding carboxylic acids is 1. The SMILES string of the molecule is Cc1nn(-c2ccccc2)nc1C(=O)Nc1ccc2[nH]ccc2c1. The van der Waals surface area contributed by atoms with Crippen LogP contribution in [-0.4, -0.2) is 25.9 Å². The summed E-state index contributed by atoms with van der Waals surface area (Å²) in [5, 5.41) is 12.6. The van der Waals surface area contributed by atoms with Crippen molar-refractivity contribution in [2.24, 2.45) is 0 Å². The van der Waals surface area contributed by atoms with Crippen LogP contribution in [0.1, 0.15) is 16.2 Å².